The van der Waals surface area contributed by atoms with Crippen molar-refractivity contribution in [2.45, 2.75) is 53.1 Å². The number of carbonyl (C=O) groups excluding carboxylic acids is 2. The predicted octanol–water partition coefficient (Wildman–Crippen LogP) is 3.96. The maximum atomic E-state index is 12.2. The molecular formula is C18H26O5. The zero-order valence-corrected chi connectivity index (χ0v) is 14.4. The van der Waals surface area contributed by atoms with Gasteiger partial charge in [0, 0.05) is 5.56 Å². The minimum atomic E-state index is -0.563. The average Bonchev–Trinajstić information content (AvgIpc) is 2.99. The summed E-state index contributed by atoms with van der Waals surface area (Å²) in [5.74, 6) is -0.0359. The van der Waals surface area contributed by atoms with Gasteiger partial charge in [-0.15, -0.1) is 0 Å². The summed E-state index contributed by atoms with van der Waals surface area (Å²) in [6.45, 7) is 6.80. The molecule has 128 valence electrons. The molecule has 2 rings (SSSR count). The first-order chi connectivity index (χ1) is 10.8. The second-order valence-electron chi connectivity index (χ2n) is 7.29. The van der Waals surface area contributed by atoms with E-state index in [1.807, 2.05) is 0 Å². The molecule has 0 saturated heterocycles. The molecule has 0 radical (unpaired) electrons. The van der Waals surface area contributed by atoms with Crippen molar-refractivity contribution in [3.05, 3.63) is 23.7 Å². The number of carbonyl (C=O) groups is 2. The fourth-order valence-electron chi connectivity index (χ4n) is 3.18. The van der Waals surface area contributed by atoms with Crippen molar-refractivity contribution >= 4 is 11.9 Å². The number of methoxy groups -OCH3 is 1. The number of esters is 2. The summed E-state index contributed by atoms with van der Waals surface area (Å²) >= 11 is 0. The number of hydrogen-bond acceptors (Lipinski definition) is 5. The van der Waals surface area contributed by atoms with Crippen LogP contribution in [-0.2, 0) is 20.9 Å². The Hall–Kier alpha value is -1.78. The second kappa shape index (κ2) is 7.20. The molecule has 1 aliphatic carbocycles. The maximum absolute atomic E-state index is 12.2. The van der Waals surface area contributed by atoms with Gasteiger partial charge in [-0.2, -0.15) is 0 Å². The molecule has 23 heavy (non-hydrogen) atoms. The lowest BCUT2D eigenvalue weighted by Gasteiger charge is -2.36. The van der Waals surface area contributed by atoms with Gasteiger partial charge in [-0.05, 0) is 43.1 Å². The highest BCUT2D eigenvalue weighted by Gasteiger charge is 2.33. The van der Waals surface area contributed by atoms with E-state index < -0.39 is 5.97 Å². The van der Waals surface area contributed by atoms with Crippen molar-refractivity contribution < 1.29 is 23.5 Å². The standard InChI is InChI=1S/C18H26O5/c1-18(2,3)14-7-5-12(6-8-14)16(19)23-11-13-9-10-22-15(13)17(20)21-4/h9-10,12,14H,5-8,11H2,1-4H3. The largest absolute Gasteiger partial charge is 0.463 e. The smallest absolute Gasteiger partial charge is 0.374 e. The van der Waals surface area contributed by atoms with Crippen LogP contribution < -0.4 is 0 Å². The highest BCUT2D eigenvalue weighted by atomic mass is 16.5. The predicted molar refractivity (Wildman–Crippen MR) is 84.7 cm³/mol. The number of ether oxygens (including phenoxy) is 2. The van der Waals surface area contributed by atoms with Crippen LogP contribution in [0.3, 0.4) is 0 Å². The minimum Gasteiger partial charge on any atom is -0.463 e. The molecule has 1 fully saturated rings. The van der Waals surface area contributed by atoms with Gasteiger partial charge in [0.05, 0.1) is 19.3 Å². The molecule has 0 bridgehead atoms. The van der Waals surface area contributed by atoms with Crippen LogP contribution in [0.1, 0.15) is 62.6 Å². The van der Waals surface area contributed by atoms with Gasteiger partial charge in [0.25, 0.3) is 0 Å². The third kappa shape index (κ3) is 4.36. The van der Waals surface area contributed by atoms with E-state index in [9.17, 15) is 9.59 Å². The van der Waals surface area contributed by atoms with Crippen LogP contribution in [0.15, 0.2) is 16.7 Å². The zero-order chi connectivity index (χ0) is 17.0. The topological polar surface area (TPSA) is 65.7 Å². The Labute approximate surface area is 137 Å². The van der Waals surface area contributed by atoms with Gasteiger partial charge in [0.1, 0.15) is 6.61 Å². The van der Waals surface area contributed by atoms with Crippen LogP contribution in [0.25, 0.3) is 0 Å². The first-order valence-corrected chi connectivity index (χ1v) is 8.14. The normalized spacial score (nSPS) is 21.7. The monoisotopic (exact) mass is 322 g/mol. The molecule has 5 nitrogen and oxygen atoms in total. The van der Waals surface area contributed by atoms with Gasteiger partial charge in [0.15, 0.2) is 0 Å². The van der Waals surface area contributed by atoms with E-state index in [0.717, 1.165) is 25.7 Å². The number of hydrogen-bond donors (Lipinski definition) is 0. The lowest BCUT2D eigenvalue weighted by molar-refractivity contribution is -0.151. The van der Waals surface area contributed by atoms with Crippen LogP contribution in [0.5, 0.6) is 0 Å². The van der Waals surface area contributed by atoms with Crippen LogP contribution in [0.2, 0.25) is 0 Å². The van der Waals surface area contributed by atoms with E-state index in [2.05, 4.69) is 25.5 Å². The maximum Gasteiger partial charge on any atom is 0.374 e. The molecule has 0 amide bonds. The first-order valence-electron chi connectivity index (χ1n) is 8.14. The Kier molecular flexibility index (Phi) is 5.50. The van der Waals surface area contributed by atoms with Gasteiger partial charge < -0.3 is 13.9 Å². The molecule has 1 aliphatic rings. The van der Waals surface area contributed by atoms with Crippen LogP contribution in [0, 0.1) is 17.3 Å². The van der Waals surface area contributed by atoms with Crippen molar-refractivity contribution in [1.82, 2.24) is 0 Å². The van der Waals surface area contributed by atoms with E-state index in [1.165, 1.54) is 13.4 Å². The van der Waals surface area contributed by atoms with Gasteiger partial charge in [-0.25, -0.2) is 4.79 Å². The van der Waals surface area contributed by atoms with E-state index in [4.69, 9.17) is 9.15 Å². The Morgan fingerprint density at radius 3 is 2.43 bits per heavy atom. The Balaban J connectivity index is 1.85. The molecule has 1 aromatic rings. The van der Waals surface area contributed by atoms with Crippen LogP contribution in [0.4, 0.5) is 0 Å². The van der Waals surface area contributed by atoms with Crippen molar-refractivity contribution in [3.8, 4) is 0 Å². The van der Waals surface area contributed by atoms with E-state index in [0.29, 0.717) is 16.9 Å². The summed E-state index contributed by atoms with van der Waals surface area (Å²) in [5.41, 5.74) is 0.828. The number of furan rings is 1. The fraction of sp³-hybridized carbons (Fsp3) is 0.667. The van der Waals surface area contributed by atoms with Crippen molar-refractivity contribution in [2.75, 3.05) is 7.11 Å². The van der Waals surface area contributed by atoms with Crippen molar-refractivity contribution in [2.24, 2.45) is 17.3 Å². The second-order valence-corrected chi connectivity index (χ2v) is 7.29. The molecule has 0 aliphatic heterocycles. The quantitative estimate of drug-likeness (QED) is 0.785. The van der Waals surface area contributed by atoms with Gasteiger partial charge in [-0.3, -0.25) is 4.79 Å². The van der Waals surface area contributed by atoms with Crippen molar-refractivity contribution in [1.29, 1.82) is 0 Å². The molecule has 0 unspecified atom stereocenters. The molecule has 1 heterocycles. The molecule has 0 spiro atoms. The zero-order valence-electron chi connectivity index (χ0n) is 14.4. The number of rotatable bonds is 4. The molecule has 5 heteroatoms. The molecule has 0 atom stereocenters. The molecule has 0 N–H and O–H groups in total. The Bertz CT molecular complexity index is 544. The SMILES string of the molecule is COC(=O)c1occc1COC(=O)C1CCC(C(C)(C)C)CC1. The van der Waals surface area contributed by atoms with E-state index >= 15 is 0 Å². The highest BCUT2D eigenvalue weighted by molar-refractivity contribution is 5.87. The van der Waals surface area contributed by atoms with Crippen LogP contribution >= 0.6 is 0 Å². The summed E-state index contributed by atoms with van der Waals surface area (Å²) < 4.78 is 15.1. The summed E-state index contributed by atoms with van der Waals surface area (Å²) in [5, 5.41) is 0. The average molecular weight is 322 g/mol. The highest BCUT2D eigenvalue weighted by Crippen LogP contribution is 2.40. The van der Waals surface area contributed by atoms with Crippen molar-refractivity contribution in [3.63, 3.8) is 0 Å². The van der Waals surface area contributed by atoms with Gasteiger partial charge >= 0.3 is 11.9 Å². The van der Waals surface area contributed by atoms with E-state index in [1.54, 1.807) is 6.07 Å². The lowest BCUT2D eigenvalue weighted by atomic mass is 9.70. The molecule has 1 saturated carbocycles. The summed E-state index contributed by atoms with van der Waals surface area (Å²) in [6.07, 6.45) is 5.25. The Morgan fingerprint density at radius 1 is 1.22 bits per heavy atom. The summed E-state index contributed by atoms with van der Waals surface area (Å²) in [6, 6.07) is 1.62. The summed E-state index contributed by atoms with van der Waals surface area (Å²) in [4.78, 5) is 23.7. The lowest BCUT2D eigenvalue weighted by Crippen LogP contribution is -2.29. The fourth-order valence-corrected chi connectivity index (χ4v) is 3.18. The summed E-state index contributed by atoms with van der Waals surface area (Å²) in [7, 11) is 1.29. The molecule has 1 aromatic heterocycles. The molecular weight excluding hydrogens is 296 g/mol. The van der Waals surface area contributed by atoms with E-state index in [-0.39, 0.29) is 24.3 Å². The third-order valence-electron chi connectivity index (χ3n) is 4.77. The minimum absolute atomic E-state index is 0.0397. The third-order valence-corrected chi connectivity index (χ3v) is 4.77. The van der Waals surface area contributed by atoms with Gasteiger partial charge in [0.2, 0.25) is 5.76 Å². The first kappa shape index (κ1) is 17.6. The Morgan fingerprint density at radius 2 is 1.87 bits per heavy atom. The molecule has 0 aromatic carbocycles. The van der Waals surface area contributed by atoms with Gasteiger partial charge in [-0.1, -0.05) is 20.8 Å². The van der Waals surface area contributed by atoms with Crippen LogP contribution in [-0.4, -0.2) is 19.0 Å².